The van der Waals surface area contributed by atoms with Crippen LogP contribution in [0.1, 0.15) is 6.92 Å². The van der Waals surface area contributed by atoms with Gasteiger partial charge >= 0.3 is 0 Å². The molecule has 1 aliphatic rings. The Morgan fingerprint density at radius 3 is 2.87 bits per heavy atom. The Bertz CT molecular complexity index is 339. The molecule has 0 spiro atoms. The highest BCUT2D eigenvalue weighted by molar-refractivity contribution is 8.00. The second-order valence-corrected chi connectivity index (χ2v) is 4.82. The molecule has 1 saturated heterocycles. The van der Waals surface area contributed by atoms with Crippen LogP contribution in [0, 0.1) is 0 Å². The summed E-state index contributed by atoms with van der Waals surface area (Å²) in [6.45, 7) is 4.31. The van der Waals surface area contributed by atoms with Gasteiger partial charge in [-0.1, -0.05) is 0 Å². The van der Waals surface area contributed by atoms with Crippen LogP contribution < -0.4 is 10.5 Å². The van der Waals surface area contributed by atoms with E-state index < -0.39 is 0 Å². The van der Waals surface area contributed by atoms with Crippen molar-refractivity contribution >= 4 is 17.4 Å². The van der Waals surface area contributed by atoms with Crippen LogP contribution in [0.25, 0.3) is 0 Å². The van der Waals surface area contributed by atoms with E-state index in [0.29, 0.717) is 11.9 Å². The van der Waals surface area contributed by atoms with Crippen molar-refractivity contribution in [3.8, 4) is 5.75 Å². The lowest BCUT2D eigenvalue weighted by molar-refractivity contribution is 0.0455. The Morgan fingerprint density at radius 1 is 1.47 bits per heavy atom. The van der Waals surface area contributed by atoms with Crippen LogP contribution in [0.5, 0.6) is 5.75 Å². The molecule has 82 valence electrons. The van der Waals surface area contributed by atoms with Crippen LogP contribution in [0.4, 0.5) is 5.69 Å². The Balaban J connectivity index is 2.07. The van der Waals surface area contributed by atoms with Crippen molar-refractivity contribution in [2.24, 2.45) is 0 Å². The number of anilines is 1. The Labute approximate surface area is 93.9 Å². The van der Waals surface area contributed by atoms with Crippen molar-refractivity contribution in [1.29, 1.82) is 0 Å². The van der Waals surface area contributed by atoms with Gasteiger partial charge in [0.05, 0.1) is 25.1 Å². The highest BCUT2D eigenvalue weighted by Crippen LogP contribution is 2.32. The van der Waals surface area contributed by atoms with E-state index in [9.17, 15) is 0 Å². The molecule has 0 unspecified atom stereocenters. The fourth-order valence-corrected chi connectivity index (χ4v) is 2.49. The second kappa shape index (κ2) is 4.77. The highest BCUT2D eigenvalue weighted by Gasteiger charge is 2.19. The van der Waals surface area contributed by atoms with Crippen molar-refractivity contribution in [2.45, 2.75) is 17.1 Å². The van der Waals surface area contributed by atoms with Crippen LogP contribution in [0.15, 0.2) is 23.1 Å². The van der Waals surface area contributed by atoms with Gasteiger partial charge < -0.3 is 15.2 Å². The zero-order valence-electron chi connectivity index (χ0n) is 8.73. The molecule has 2 N–H and O–H groups in total. The summed E-state index contributed by atoms with van der Waals surface area (Å²) in [5.74, 6) is 0.847. The quantitative estimate of drug-likeness (QED) is 0.797. The monoisotopic (exact) mass is 225 g/mol. The van der Waals surface area contributed by atoms with Gasteiger partial charge in [0.1, 0.15) is 5.75 Å². The molecule has 4 heteroatoms. The van der Waals surface area contributed by atoms with Crippen molar-refractivity contribution in [3.05, 3.63) is 18.2 Å². The molecule has 0 amide bonds. The number of nitrogens with two attached hydrogens (primary N) is 1. The summed E-state index contributed by atoms with van der Waals surface area (Å²) in [6.07, 6.45) is 0. The van der Waals surface area contributed by atoms with Gasteiger partial charge in [-0.3, -0.25) is 0 Å². The van der Waals surface area contributed by atoms with E-state index in [1.807, 2.05) is 25.1 Å². The molecule has 1 fully saturated rings. The lowest BCUT2D eigenvalue weighted by Gasteiger charge is -2.25. The third kappa shape index (κ3) is 2.79. The summed E-state index contributed by atoms with van der Waals surface area (Å²) >= 11 is 1.80. The molecule has 1 heterocycles. The van der Waals surface area contributed by atoms with Crippen molar-refractivity contribution in [2.75, 3.05) is 25.6 Å². The summed E-state index contributed by atoms with van der Waals surface area (Å²) in [4.78, 5) is 1.16. The first-order valence-electron chi connectivity index (χ1n) is 5.05. The predicted octanol–water partition coefficient (Wildman–Crippen LogP) is 2.16. The SMILES string of the molecule is CCOc1cc(N)cc(SC2COC2)c1. The number of hydrogen-bond donors (Lipinski definition) is 1. The number of rotatable bonds is 4. The minimum absolute atomic E-state index is 0.571. The van der Waals surface area contributed by atoms with Crippen LogP contribution in [0.2, 0.25) is 0 Å². The molecule has 15 heavy (non-hydrogen) atoms. The fraction of sp³-hybridized carbons (Fsp3) is 0.455. The number of benzene rings is 1. The summed E-state index contributed by atoms with van der Waals surface area (Å²) in [7, 11) is 0. The highest BCUT2D eigenvalue weighted by atomic mass is 32.2. The zero-order valence-corrected chi connectivity index (χ0v) is 9.55. The normalized spacial score (nSPS) is 16.1. The summed E-state index contributed by atoms with van der Waals surface area (Å²) in [5, 5.41) is 0.571. The smallest absolute Gasteiger partial charge is 0.122 e. The first-order valence-corrected chi connectivity index (χ1v) is 5.93. The van der Waals surface area contributed by atoms with Gasteiger partial charge in [-0.05, 0) is 19.1 Å². The third-order valence-electron chi connectivity index (χ3n) is 2.12. The van der Waals surface area contributed by atoms with E-state index in [2.05, 4.69) is 0 Å². The molecule has 1 aromatic carbocycles. The van der Waals surface area contributed by atoms with Gasteiger partial charge in [0.2, 0.25) is 0 Å². The van der Waals surface area contributed by atoms with Gasteiger partial charge in [0, 0.05) is 16.6 Å². The number of thioether (sulfide) groups is 1. The molecule has 0 saturated carbocycles. The first kappa shape index (κ1) is 10.6. The average Bonchev–Trinajstić information content (AvgIpc) is 2.11. The molecule has 2 rings (SSSR count). The van der Waals surface area contributed by atoms with Crippen LogP contribution in [0.3, 0.4) is 0 Å². The minimum Gasteiger partial charge on any atom is -0.494 e. The zero-order chi connectivity index (χ0) is 10.7. The third-order valence-corrected chi connectivity index (χ3v) is 3.24. The molecule has 0 aliphatic carbocycles. The number of ether oxygens (including phenoxy) is 2. The Kier molecular flexibility index (Phi) is 3.38. The Morgan fingerprint density at radius 2 is 2.27 bits per heavy atom. The summed E-state index contributed by atoms with van der Waals surface area (Å²) in [6, 6.07) is 5.86. The lowest BCUT2D eigenvalue weighted by Crippen LogP contribution is -2.30. The number of hydrogen-bond acceptors (Lipinski definition) is 4. The van der Waals surface area contributed by atoms with Crippen molar-refractivity contribution < 1.29 is 9.47 Å². The average molecular weight is 225 g/mol. The molecule has 0 radical (unpaired) electrons. The van der Waals surface area contributed by atoms with Gasteiger partial charge in [-0.15, -0.1) is 11.8 Å². The number of nitrogen functional groups attached to an aromatic ring is 1. The van der Waals surface area contributed by atoms with E-state index in [4.69, 9.17) is 15.2 Å². The van der Waals surface area contributed by atoms with E-state index in [1.54, 1.807) is 11.8 Å². The first-order chi connectivity index (χ1) is 7.28. The van der Waals surface area contributed by atoms with E-state index in [-0.39, 0.29) is 0 Å². The van der Waals surface area contributed by atoms with E-state index in [1.165, 1.54) is 0 Å². The van der Waals surface area contributed by atoms with Crippen molar-refractivity contribution in [3.63, 3.8) is 0 Å². The molecule has 0 atom stereocenters. The van der Waals surface area contributed by atoms with Crippen LogP contribution in [-0.4, -0.2) is 25.1 Å². The maximum atomic E-state index is 5.80. The molecule has 1 aliphatic heterocycles. The summed E-state index contributed by atoms with van der Waals surface area (Å²) in [5.41, 5.74) is 6.55. The topological polar surface area (TPSA) is 44.5 Å². The minimum atomic E-state index is 0.571. The fourth-order valence-electron chi connectivity index (χ4n) is 1.39. The Hall–Kier alpha value is -0.870. The van der Waals surface area contributed by atoms with Gasteiger partial charge in [-0.2, -0.15) is 0 Å². The molecule has 3 nitrogen and oxygen atoms in total. The largest absolute Gasteiger partial charge is 0.494 e. The molecule has 1 aromatic rings. The maximum absolute atomic E-state index is 5.80. The standard InChI is InChI=1S/C11H15NO2S/c1-2-14-9-3-8(12)4-10(5-9)15-11-6-13-7-11/h3-5,11H,2,6-7,12H2,1H3. The van der Waals surface area contributed by atoms with Gasteiger partial charge in [0.25, 0.3) is 0 Å². The van der Waals surface area contributed by atoms with Crippen LogP contribution in [-0.2, 0) is 4.74 Å². The van der Waals surface area contributed by atoms with Crippen LogP contribution >= 0.6 is 11.8 Å². The van der Waals surface area contributed by atoms with E-state index in [0.717, 1.165) is 29.5 Å². The molecule has 0 bridgehead atoms. The van der Waals surface area contributed by atoms with Crippen molar-refractivity contribution in [1.82, 2.24) is 0 Å². The maximum Gasteiger partial charge on any atom is 0.122 e. The molecular formula is C11H15NO2S. The molecular weight excluding hydrogens is 210 g/mol. The lowest BCUT2D eigenvalue weighted by atomic mass is 10.3. The summed E-state index contributed by atoms with van der Waals surface area (Å²) < 4.78 is 10.6. The second-order valence-electron chi connectivity index (χ2n) is 3.45. The van der Waals surface area contributed by atoms with E-state index >= 15 is 0 Å². The van der Waals surface area contributed by atoms with Gasteiger partial charge in [0.15, 0.2) is 0 Å². The molecule has 0 aromatic heterocycles. The van der Waals surface area contributed by atoms with Gasteiger partial charge in [-0.25, -0.2) is 0 Å². The predicted molar refractivity (Wildman–Crippen MR) is 62.5 cm³/mol.